The van der Waals surface area contributed by atoms with E-state index in [9.17, 15) is 22.0 Å². The molecule has 1 unspecified atom stereocenters. The van der Waals surface area contributed by atoms with Gasteiger partial charge in [0.2, 0.25) is 5.89 Å². The molecule has 0 radical (unpaired) electrons. The monoisotopic (exact) mass is 432 g/mol. The molecule has 1 aliphatic rings. The van der Waals surface area contributed by atoms with Crippen molar-refractivity contribution in [3.8, 4) is 5.75 Å². The van der Waals surface area contributed by atoms with Crippen molar-refractivity contribution in [2.75, 3.05) is 17.3 Å². The molecule has 28 heavy (non-hydrogen) atoms. The second-order valence-corrected chi connectivity index (χ2v) is 9.68. The van der Waals surface area contributed by atoms with E-state index in [-0.39, 0.29) is 39.7 Å². The number of nitrogens with zero attached hydrogens (tertiary/aromatic N) is 2. The van der Waals surface area contributed by atoms with Crippen LogP contribution in [0.25, 0.3) is 0 Å². The quantitative estimate of drug-likeness (QED) is 0.464. The maximum atomic E-state index is 12.5. The van der Waals surface area contributed by atoms with E-state index in [4.69, 9.17) is 4.42 Å². The van der Waals surface area contributed by atoms with Gasteiger partial charge in [-0.15, -0.1) is 10.2 Å². The minimum Gasteiger partial charge on any atom is -0.434 e. The molecule has 1 atom stereocenters. The molecule has 1 aromatic carbocycles. The van der Waals surface area contributed by atoms with Gasteiger partial charge in [0.15, 0.2) is 15.6 Å². The van der Waals surface area contributed by atoms with Gasteiger partial charge >= 0.3 is 6.61 Å². The lowest BCUT2D eigenvalue weighted by atomic mass is 10.1. The average Bonchev–Trinajstić information content (AvgIpc) is 3.20. The summed E-state index contributed by atoms with van der Waals surface area (Å²) >= 11 is 0.984. The van der Waals surface area contributed by atoms with E-state index in [0.717, 1.165) is 17.3 Å². The number of thioether (sulfide) groups is 1. The molecule has 3 rings (SSSR count). The third-order valence-electron chi connectivity index (χ3n) is 4.22. The summed E-state index contributed by atoms with van der Waals surface area (Å²) in [7, 11) is -2.98. The van der Waals surface area contributed by atoms with Crippen LogP contribution in [0.5, 0.6) is 5.75 Å². The smallest absolute Gasteiger partial charge is 0.387 e. The molecule has 2 heterocycles. The van der Waals surface area contributed by atoms with Crippen molar-refractivity contribution in [1.82, 2.24) is 10.2 Å². The van der Waals surface area contributed by atoms with Gasteiger partial charge in [-0.2, -0.15) is 8.78 Å². The Kier molecular flexibility index (Phi) is 6.33. The second-order valence-electron chi connectivity index (χ2n) is 6.52. The third-order valence-corrected chi connectivity index (χ3v) is 6.87. The highest BCUT2D eigenvalue weighted by atomic mass is 32.2. The molecule has 1 aromatic heterocycles. The SMILES string of the molecule is Cc1ccc(OC(F)F)c(C(=O)CSc2nnc(CC3CCS(=O)(=O)C3)o2)c1. The summed E-state index contributed by atoms with van der Waals surface area (Å²) in [5.74, 6) is -0.146. The fourth-order valence-corrected chi connectivity index (χ4v) is 5.45. The zero-order valence-corrected chi connectivity index (χ0v) is 16.6. The Hall–Kier alpha value is -2.01. The predicted molar refractivity (Wildman–Crippen MR) is 97.6 cm³/mol. The molecule has 0 amide bonds. The van der Waals surface area contributed by atoms with Crippen LogP contribution in [0.4, 0.5) is 8.78 Å². The standard InChI is InChI=1S/C17H18F2N2O5S2/c1-10-2-3-14(25-16(18)19)12(6-10)13(22)8-27-17-21-20-15(26-17)7-11-4-5-28(23,24)9-11/h2-3,6,11,16H,4-5,7-9H2,1H3. The maximum Gasteiger partial charge on any atom is 0.387 e. The average molecular weight is 432 g/mol. The minimum atomic E-state index is -3.03. The van der Waals surface area contributed by atoms with E-state index >= 15 is 0 Å². The van der Waals surface area contributed by atoms with Crippen molar-refractivity contribution >= 4 is 27.4 Å². The number of aryl methyl sites for hydroxylation is 1. The molecule has 2 aromatic rings. The summed E-state index contributed by atoms with van der Waals surface area (Å²) in [6, 6.07) is 4.40. The molecule has 11 heteroatoms. The number of halogens is 2. The van der Waals surface area contributed by atoms with Crippen LogP contribution < -0.4 is 4.74 Å². The Morgan fingerprint density at radius 1 is 1.39 bits per heavy atom. The van der Waals surface area contributed by atoms with Crippen LogP contribution in [0.1, 0.15) is 28.2 Å². The molecule has 0 N–H and O–H groups in total. The van der Waals surface area contributed by atoms with Gasteiger partial charge in [-0.25, -0.2) is 8.42 Å². The summed E-state index contributed by atoms with van der Waals surface area (Å²) in [6.45, 7) is -1.29. The zero-order valence-electron chi connectivity index (χ0n) is 14.9. The lowest BCUT2D eigenvalue weighted by Crippen LogP contribution is -2.10. The highest BCUT2D eigenvalue weighted by Gasteiger charge is 2.29. The fourth-order valence-electron chi connectivity index (χ4n) is 2.92. The van der Waals surface area contributed by atoms with E-state index in [1.807, 2.05) is 0 Å². The van der Waals surface area contributed by atoms with Crippen LogP contribution in [0.2, 0.25) is 0 Å². The van der Waals surface area contributed by atoms with E-state index in [2.05, 4.69) is 14.9 Å². The number of ether oxygens (including phenoxy) is 1. The number of hydrogen-bond acceptors (Lipinski definition) is 8. The number of sulfone groups is 1. The van der Waals surface area contributed by atoms with Crippen LogP contribution in [-0.2, 0) is 16.3 Å². The Labute approximate surface area is 164 Å². The van der Waals surface area contributed by atoms with Gasteiger partial charge in [-0.1, -0.05) is 23.4 Å². The van der Waals surface area contributed by atoms with E-state index < -0.39 is 22.2 Å². The van der Waals surface area contributed by atoms with Gasteiger partial charge in [-0.05, 0) is 31.4 Å². The van der Waals surface area contributed by atoms with Crippen molar-refractivity contribution in [3.63, 3.8) is 0 Å². The minimum absolute atomic E-state index is 0.0497. The second kappa shape index (κ2) is 8.56. The largest absolute Gasteiger partial charge is 0.434 e. The Bertz CT molecular complexity index is 962. The highest BCUT2D eigenvalue weighted by Crippen LogP contribution is 2.27. The molecule has 7 nitrogen and oxygen atoms in total. The van der Waals surface area contributed by atoms with Gasteiger partial charge < -0.3 is 9.15 Å². The zero-order chi connectivity index (χ0) is 20.3. The van der Waals surface area contributed by atoms with Gasteiger partial charge in [0.25, 0.3) is 5.22 Å². The Balaban J connectivity index is 1.60. The van der Waals surface area contributed by atoms with Crippen molar-refractivity contribution in [2.24, 2.45) is 5.92 Å². The van der Waals surface area contributed by atoms with Gasteiger partial charge in [-0.3, -0.25) is 4.79 Å². The van der Waals surface area contributed by atoms with Crippen molar-refractivity contribution in [3.05, 3.63) is 35.2 Å². The number of carbonyl (C=O) groups is 1. The van der Waals surface area contributed by atoms with E-state index in [0.29, 0.717) is 18.7 Å². The van der Waals surface area contributed by atoms with E-state index in [1.54, 1.807) is 13.0 Å². The molecule has 152 valence electrons. The number of carbonyl (C=O) groups excluding carboxylic acids is 1. The molecule has 0 spiro atoms. The molecule has 1 saturated heterocycles. The number of hydrogen-bond donors (Lipinski definition) is 0. The first-order valence-electron chi connectivity index (χ1n) is 8.46. The summed E-state index contributed by atoms with van der Waals surface area (Å²) < 4.78 is 57.9. The van der Waals surface area contributed by atoms with Crippen LogP contribution in [-0.4, -0.2) is 48.3 Å². The van der Waals surface area contributed by atoms with Crippen molar-refractivity contribution in [1.29, 1.82) is 0 Å². The first kappa shape index (κ1) is 20.7. The lowest BCUT2D eigenvalue weighted by Gasteiger charge is -2.10. The van der Waals surface area contributed by atoms with Crippen LogP contribution in [0, 0.1) is 12.8 Å². The number of ketones is 1. The van der Waals surface area contributed by atoms with Crippen molar-refractivity contribution < 1.29 is 31.1 Å². The number of aromatic nitrogens is 2. The van der Waals surface area contributed by atoms with E-state index in [1.165, 1.54) is 12.1 Å². The van der Waals surface area contributed by atoms with Gasteiger partial charge in [0.1, 0.15) is 5.75 Å². The molecule has 1 aliphatic heterocycles. The molecule has 0 aliphatic carbocycles. The molecule has 0 saturated carbocycles. The molecule has 0 bridgehead atoms. The number of rotatable bonds is 8. The normalized spacial score (nSPS) is 18.5. The van der Waals surface area contributed by atoms with Crippen LogP contribution in [0.15, 0.2) is 27.8 Å². The molecular weight excluding hydrogens is 414 g/mol. The third kappa shape index (κ3) is 5.51. The summed E-state index contributed by atoms with van der Waals surface area (Å²) in [4.78, 5) is 12.4. The summed E-state index contributed by atoms with van der Waals surface area (Å²) in [5, 5.41) is 7.88. The number of alkyl halides is 2. The number of benzene rings is 1. The molecular formula is C17H18F2N2O5S2. The Morgan fingerprint density at radius 2 is 2.18 bits per heavy atom. The van der Waals surface area contributed by atoms with Gasteiger partial charge in [0.05, 0.1) is 22.8 Å². The van der Waals surface area contributed by atoms with Crippen LogP contribution in [0.3, 0.4) is 0 Å². The molecule has 1 fully saturated rings. The van der Waals surface area contributed by atoms with Crippen LogP contribution >= 0.6 is 11.8 Å². The predicted octanol–water partition coefficient (Wildman–Crippen LogP) is 2.93. The first-order chi connectivity index (χ1) is 13.2. The maximum absolute atomic E-state index is 12.5. The lowest BCUT2D eigenvalue weighted by molar-refractivity contribution is -0.0501. The van der Waals surface area contributed by atoms with Crippen molar-refractivity contribution in [2.45, 2.75) is 31.6 Å². The summed E-state index contributed by atoms with van der Waals surface area (Å²) in [6.07, 6.45) is 0.928. The van der Waals surface area contributed by atoms with Gasteiger partial charge in [0, 0.05) is 6.42 Å². The Morgan fingerprint density at radius 3 is 2.86 bits per heavy atom. The fraction of sp³-hybridized carbons (Fsp3) is 0.471. The topological polar surface area (TPSA) is 99.4 Å². The first-order valence-corrected chi connectivity index (χ1v) is 11.3. The number of Topliss-reactive ketones (excluding diaryl/α,β-unsaturated/α-hetero) is 1. The summed E-state index contributed by atoms with van der Waals surface area (Å²) in [5.41, 5.74) is 0.797. The highest BCUT2D eigenvalue weighted by molar-refractivity contribution is 7.99.